The van der Waals surface area contributed by atoms with Crippen LogP contribution in [-0.2, 0) is 46.7 Å². The molecule has 2 aromatic carbocycles. The van der Waals surface area contributed by atoms with Crippen molar-refractivity contribution in [3.05, 3.63) is 87.0 Å². The van der Waals surface area contributed by atoms with Crippen LogP contribution in [0.3, 0.4) is 0 Å². The maximum Gasteiger partial charge on any atom is 0.293 e. The van der Waals surface area contributed by atoms with E-state index in [1.807, 2.05) is 0 Å². The maximum atomic E-state index is 15.6. The molecule has 0 saturated heterocycles. The number of aryl methyl sites for hydroxylation is 1. The van der Waals surface area contributed by atoms with Crippen LogP contribution in [0.2, 0.25) is 5.02 Å². The summed E-state index contributed by atoms with van der Waals surface area (Å²) in [7, 11) is -2.46. The topological polar surface area (TPSA) is 170 Å². The number of halogens is 9. The molecule has 5 N–H and O–H groups in total. The number of rotatable bonds is 10. The number of alkyl halides is 6. The van der Waals surface area contributed by atoms with Gasteiger partial charge in [0, 0.05) is 42.6 Å². The first-order chi connectivity index (χ1) is 28.2. The van der Waals surface area contributed by atoms with Gasteiger partial charge in [0.25, 0.3) is 17.8 Å². The summed E-state index contributed by atoms with van der Waals surface area (Å²) >= 11 is 6.57. The van der Waals surface area contributed by atoms with Crippen LogP contribution in [0.25, 0.3) is 22.0 Å². The van der Waals surface area contributed by atoms with E-state index in [1.54, 1.807) is 0 Å². The number of pyridine rings is 1. The number of benzene rings is 2. The third kappa shape index (κ3) is 7.84. The van der Waals surface area contributed by atoms with Gasteiger partial charge in [0.15, 0.2) is 5.82 Å². The number of aliphatic hydroxyl groups is 1. The Morgan fingerprint density at radius 1 is 1.10 bits per heavy atom. The molecule has 0 bridgehead atoms. The maximum absolute atomic E-state index is 15.6. The van der Waals surface area contributed by atoms with Gasteiger partial charge in [-0.3, -0.25) is 18.9 Å². The van der Waals surface area contributed by atoms with Crippen LogP contribution in [0.4, 0.5) is 46.6 Å². The third-order valence-corrected chi connectivity index (χ3v) is 11.7. The molecule has 12 nitrogen and oxygen atoms in total. The minimum absolute atomic E-state index is 0.0341. The largest absolute Gasteiger partial charge is 0.396 e. The van der Waals surface area contributed by atoms with Crippen LogP contribution in [-0.4, -0.2) is 61.8 Å². The Kier molecular flexibility index (Phi) is 9.72. The van der Waals surface area contributed by atoms with Gasteiger partial charge < -0.3 is 16.2 Å². The van der Waals surface area contributed by atoms with Gasteiger partial charge in [-0.1, -0.05) is 23.6 Å². The minimum atomic E-state index is -3.91. The highest BCUT2D eigenvalue weighted by molar-refractivity contribution is 7.92. The fraction of sp³-hybridized carbons (Fsp3) is 0.385. The molecule has 322 valence electrons. The van der Waals surface area contributed by atoms with E-state index in [1.165, 1.54) is 29.9 Å². The van der Waals surface area contributed by atoms with E-state index >= 15 is 8.78 Å². The zero-order valence-corrected chi connectivity index (χ0v) is 33.6. The summed E-state index contributed by atoms with van der Waals surface area (Å²) in [6.45, 7) is -0.519. The van der Waals surface area contributed by atoms with Gasteiger partial charge in [0.2, 0.25) is 15.9 Å². The Morgan fingerprint density at radius 2 is 1.77 bits per heavy atom. The number of anilines is 2. The highest BCUT2D eigenvalue weighted by atomic mass is 35.5. The van der Waals surface area contributed by atoms with Crippen LogP contribution in [0.1, 0.15) is 72.0 Å². The van der Waals surface area contributed by atoms with Crippen LogP contribution in [0, 0.1) is 29.4 Å². The number of nitrogens with one attached hydrogen (secondary N) is 2. The molecule has 2 saturated carbocycles. The number of carbonyl (C=O) groups is 1. The van der Waals surface area contributed by atoms with Gasteiger partial charge in [0.1, 0.15) is 40.9 Å². The van der Waals surface area contributed by atoms with E-state index in [4.69, 9.17) is 17.3 Å². The van der Waals surface area contributed by atoms with Crippen LogP contribution in [0.15, 0.2) is 36.4 Å². The number of sulfonamides is 1. The lowest BCUT2D eigenvalue weighted by molar-refractivity contribution is -0.176. The molecule has 22 heteroatoms. The van der Waals surface area contributed by atoms with Crippen LogP contribution >= 0.6 is 11.6 Å². The zero-order valence-electron chi connectivity index (χ0n) is 32.0. The fourth-order valence-corrected chi connectivity index (χ4v) is 9.03. The highest BCUT2D eigenvalue weighted by Crippen LogP contribution is 2.68. The average Bonchev–Trinajstić information content (AvgIpc) is 3.64. The Hall–Kier alpha value is -5.46. The summed E-state index contributed by atoms with van der Waals surface area (Å²) < 4.78 is 146. The molecule has 5 aromatic rings. The predicted molar refractivity (Wildman–Crippen MR) is 205 cm³/mol. The summed E-state index contributed by atoms with van der Waals surface area (Å²) in [5.74, 6) is -11.0. The van der Waals surface area contributed by atoms with Gasteiger partial charge in [-0.05, 0) is 54.5 Å². The normalized spacial score (nSPS) is 20.0. The second-order valence-electron chi connectivity index (χ2n) is 15.8. The molecule has 0 unspecified atom stereocenters. The first-order valence-corrected chi connectivity index (χ1v) is 20.7. The average molecular weight is 897 g/mol. The fourth-order valence-electron chi connectivity index (χ4n) is 8.30. The molecule has 3 aromatic heterocycles. The lowest BCUT2D eigenvalue weighted by Gasteiger charge is -2.39. The molecule has 1 amide bonds. The molecule has 3 heterocycles. The van der Waals surface area contributed by atoms with E-state index < -0.39 is 106 Å². The van der Waals surface area contributed by atoms with Crippen molar-refractivity contribution >= 4 is 49.9 Å². The number of nitrogens with zero attached hydrogens (tertiary/aromatic N) is 5. The molecule has 61 heavy (non-hydrogen) atoms. The first-order valence-electron chi connectivity index (χ1n) is 18.4. The zero-order chi connectivity index (χ0) is 44.4. The molecular formula is C39H33ClF8N8O4S. The predicted octanol–water partition coefficient (Wildman–Crippen LogP) is 6.65. The standard InChI is InChI=1S/C39H33ClF8N8O4S/c1-36(43,44)33-29-22-12-23(22)39(47,48)34(29)56(52-33)14-28(57)50-27(10-17-8-18(41)11-19(42)9-17)31-21(13-25(49)26(51-31)6-7-37(58)15-38(45,46)16-37)20-4-5-24(40)30-32(20)55(2)53-35(30)54-61(3,59)60/h4-5,8-9,11,13,22-23,27,58H,10,12,14-16,49H2,1-3H3,(H,50,57)(H,53,54)/t22-,23+,27-/m0/s1. The molecule has 8 rings (SSSR count). The number of hydrogen-bond donors (Lipinski definition) is 4. The highest BCUT2D eigenvalue weighted by Gasteiger charge is 2.68. The van der Waals surface area contributed by atoms with Gasteiger partial charge in [-0.2, -0.15) is 27.8 Å². The monoisotopic (exact) mass is 896 g/mol. The van der Waals surface area contributed by atoms with Crippen molar-refractivity contribution in [2.75, 3.05) is 16.7 Å². The van der Waals surface area contributed by atoms with Crippen LogP contribution in [0.5, 0.6) is 0 Å². The summed E-state index contributed by atoms with van der Waals surface area (Å²) in [6.07, 6.45) is -1.61. The van der Waals surface area contributed by atoms with Crippen molar-refractivity contribution in [3.8, 4) is 23.0 Å². The Labute approximate surface area is 346 Å². The number of nitrogen functional groups attached to an aromatic ring is 1. The number of amides is 1. The molecular weight excluding hydrogens is 864 g/mol. The van der Waals surface area contributed by atoms with E-state index in [-0.39, 0.29) is 67.5 Å². The van der Waals surface area contributed by atoms with Crippen molar-refractivity contribution in [2.45, 2.75) is 74.5 Å². The minimum Gasteiger partial charge on any atom is -0.396 e. The third-order valence-electron chi connectivity index (χ3n) is 10.8. The molecule has 2 fully saturated rings. The quantitative estimate of drug-likeness (QED) is 0.0893. The lowest BCUT2D eigenvalue weighted by atomic mass is 9.77. The van der Waals surface area contributed by atoms with Gasteiger partial charge in [0.05, 0.1) is 52.4 Å². The molecule has 0 spiro atoms. The van der Waals surface area contributed by atoms with E-state index in [2.05, 4.69) is 37.1 Å². The van der Waals surface area contributed by atoms with E-state index in [0.29, 0.717) is 17.7 Å². The Balaban J connectivity index is 1.30. The second kappa shape index (κ2) is 14.0. The summed E-state index contributed by atoms with van der Waals surface area (Å²) in [5, 5.41) is 21.4. The van der Waals surface area contributed by atoms with Crippen molar-refractivity contribution in [1.29, 1.82) is 0 Å². The summed E-state index contributed by atoms with van der Waals surface area (Å²) in [5.41, 5.74) is 1.93. The van der Waals surface area contributed by atoms with Crippen molar-refractivity contribution in [3.63, 3.8) is 0 Å². The Morgan fingerprint density at radius 3 is 2.39 bits per heavy atom. The van der Waals surface area contributed by atoms with Gasteiger partial charge in [-0.15, -0.1) is 0 Å². The molecule has 3 aliphatic rings. The summed E-state index contributed by atoms with van der Waals surface area (Å²) in [6, 6.07) is 5.13. The summed E-state index contributed by atoms with van der Waals surface area (Å²) in [4.78, 5) is 18.7. The van der Waals surface area contributed by atoms with E-state index in [9.17, 15) is 44.7 Å². The smallest absolute Gasteiger partial charge is 0.293 e. The molecule has 0 radical (unpaired) electrons. The molecule has 3 atom stereocenters. The van der Waals surface area contributed by atoms with Crippen molar-refractivity contribution in [2.24, 2.45) is 13.0 Å². The number of aromatic nitrogens is 5. The lowest BCUT2D eigenvalue weighted by Crippen LogP contribution is -2.50. The van der Waals surface area contributed by atoms with Crippen molar-refractivity contribution in [1.82, 2.24) is 29.9 Å². The molecule has 0 aliphatic heterocycles. The second-order valence-corrected chi connectivity index (χ2v) is 18.0. The SMILES string of the molecule is Cn1nc(NS(C)(=O)=O)c2c(Cl)ccc(-c3cc(N)c(C#CC4(O)CC(F)(F)C4)nc3[C@H](Cc3cc(F)cc(F)c3)NC(=O)Cn3nc(C(C)(F)F)c4c3C(F)(F)[C@@H]3C[C@H]43)c21. The van der Waals surface area contributed by atoms with Gasteiger partial charge in [-0.25, -0.2) is 31.0 Å². The Bertz CT molecular complexity index is 2840. The first kappa shape index (κ1) is 42.2. The number of nitrogens with two attached hydrogens (primary N) is 1. The number of hydrogen-bond acceptors (Lipinski definition) is 8. The number of carbonyl (C=O) groups excluding carboxylic acids is 1. The van der Waals surface area contributed by atoms with E-state index in [0.717, 1.165) is 18.4 Å². The molecule has 3 aliphatic carbocycles. The van der Waals surface area contributed by atoms with Crippen molar-refractivity contribution < 1.29 is 53.4 Å². The van der Waals surface area contributed by atoms with Crippen LogP contribution < -0.4 is 15.8 Å². The number of fused-ring (bicyclic) bond motifs is 4. The van der Waals surface area contributed by atoms with Gasteiger partial charge >= 0.3 is 0 Å².